The van der Waals surface area contributed by atoms with Crippen molar-refractivity contribution in [1.29, 1.82) is 5.26 Å². The number of nitrogens with zero attached hydrogens (tertiary/aromatic N) is 5. The minimum absolute atomic E-state index is 0.289. The molecule has 0 amide bonds. The van der Waals surface area contributed by atoms with Crippen molar-refractivity contribution in [2.24, 2.45) is 12.8 Å². The fourth-order valence-corrected chi connectivity index (χ4v) is 2.61. The van der Waals surface area contributed by atoms with Crippen LogP contribution in [0.15, 0.2) is 36.7 Å². The lowest BCUT2D eigenvalue weighted by Gasteiger charge is -2.11. The Hall–Kier alpha value is -3.24. The third-order valence-corrected chi connectivity index (χ3v) is 4.15. The number of hydrogen-bond acceptors (Lipinski definition) is 6. The van der Waals surface area contributed by atoms with Gasteiger partial charge < -0.3 is 10.5 Å². The Morgan fingerprint density at radius 2 is 1.96 bits per heavy atom. The number of aryl methyl sites for hydroxylation is 1. The summed E-state index contributed by atoms with van der Waals surface area (Å²) >= 11 is 0. The monoisotopic (exact) mass is 362 g/mol. The number of nitrogens with two attached hydrogens (primary N) is 1. The zero-order chi connectivity index (χ0) is 19.4. The number of ether oxygens (including phenoxy) is 1. The fraction of sp³-hybridized carbons (Fsp3) is 0.300. The van der Waals surface area contributed by atoms with Crippen LogP contribution in [0.3, 0.4) is 0 Å². The van der Waals surface area contributed by atoms with Gasteiger partial charge in [0.15, 0.2) is 5.82 Å². The molecule has 0 fully saturated rings. The lowest BCUT2D eigenvalue weighted by atomic mass is 10.1. The smallest absolute Gasteiger partial charge is 0.217 e. The summed E-state index contributed by atoms with van der Waals surface area (Å²) in [4.78, 5) is 8.86. The number of nitriles is 1. The van der Waals surface area contributed by atoms with Crippen LogP contribution in [0, 0.1) is 11.3 Å². The first-order chi connectivity index (χ1) is 13.0. The maximum Gasteiger partial charge on any atom is 0.217 e. The molecule has 2 N–H and O–H groups in total. The van der Waals surface area contributed by atoms with Crippen molar-refractivity contribution in [3.63, 3.8) is 0 Å². The Kier molecular flexibility index (Phi) is 5.48. The Morgan fingerprint density at radius 3 is 2.56 bits per heavy atom. The van der Waals surface area contributed by atoms with E-state index < -0.39 is 0 Å². The maximum atomic E-state index is 9.25. The van der Waals surface area contributed by atoms with E-state index in [0.29, 0.717) is 35.1 Å². The van der Waals surface area contributed by atoms with Gasteiger partial charge in [-0.3, -0.25) is 0 Å². The van der Waals surface area contributed by atoms with E-state index in [1.165, 1.54) is 0 Å². The van der Waals surface area contributed by atoms with Gasteiger partial charge in [-0.25, -0.2) is 14.6 Å². The molecule has 0 bridgehead atoms. The highest BCUT2D eigenvalue weighted by molar-refractivity contribution is 5.66. The number of benzene rings is 1. The van der Waals surface area contributed by atoms with Crippen LogP contribution in [0.5, 0.6) is 11.6 Å². The van der Waals surface area contributed by atoms with Crippen molar-refractivity contribution in [1.82, 2.24) is 19.7 Å². The molecule has 2 aromatic heterocycles. The molecule has 138 valence electrons. The van der Waals surface area contributed by atoms with Gasteiger partial charge in [0.2, 0.25) is 5.88 Å². The summed E-state index contributed by atoms with van der Waals surface area (Å²) in [6, 6.07) is 9.25. The van der Waals surface area contributed by atoms with Crippen molar-refractivity contribution in [3.05, 3.63) is 53.5 Å². The first kappa shape index (κ1) is 18.5. The average Bonchev–Trinajstić information content (AvgIpc) is 3.03. The molecule has 27 heavy (non-hydrogen) atoms. The topological polar surface area (TPSA) is 103 Å². The molecule has 0 aliphatic rings. The summed E-state index contributed by atoms with van der Waals surface area (Å²) in [7, 11) is 1.83. The highest BCUT2D eigenvalue weighted by Crippen LogP contribution is 2.33. The molecular weight excluding hydrogens is 340 g/mol. The molecule has 0 saturated carbocycles. The van der Waals surface area contributed by atoms with Crippen LogP contribution in [-0.2, 0) is 13.5 Å². The lowest BCUT2D eigenvalue weighted by Crippen LogP contribution is -2.04. The molecule has 0 aliphatic carbocycles. The van der Waals surface area contributed by atoms with Gasteiger partial charge >= 0.3 is 0 Å². The average molecular weight is 362 g/mol. The summed E-state index contributed by atoms with van der Waals surface area (Å²) in [6.45, 7) is 4.70. The van der Waals surface area contributed by atoms with Crippen LogP contribution in [0.2, 0.25) is 0 Å². The van der Waals surface area contributed by atoms with Crippen molar-refractivity contribution in [3.8, 4) is 29.1 Å². The van der Waals surface area contributed by atoms with Crippen molar-refractivity contribution in [2.75, 3.05) is 6.54 Å². The molecule has 0 unspecified atom stereocenters. The van der Waals surface area contributed by atoms with Gasteiger partial charge in [-0.05, 0) is 42.6 Å². The minimum atomic E-state index is 0.289. The third kappa shape index (κ3) is 4.13. The van der Waals surface area contributed by atoms with E-state index in [1.54, 1.807) is 35.3 Å². The molecule has 3 rings (SSSR count). The predicted octanol–water partition coefficient (Wildman–Crippen LogP) is 3.17. The quantitative estimate of drug-likeness (QED) is 0.722. The third-order valence-electron chi connectivity index (χ3n) is 4.15. The maximum absolute atomic E-state index is 9.25. The van der Waals surface area contributed by atoms with Gasteiger partial charge in [0.1, 0.15) is 5.75 Å². The molecule has 7 nitrogen and oxygen atoms in total. The SMILES string of the molecule is CC(C)c1cc(Oc2cc(C#N)ccc2-c2ncc(CCN)cn2)n(C)n1. The number of aromatic nitrogens is 4. The minimum Gasteiger partial charge on any atom is -0.438 e. The standard InChI is InChI=1S/C20H22N6O/c1-13(2)17-9-19(26(3)25-17)27-18-8-14(10-22)4-5-16(18)20-23-11-15(6-7-21)12-24-20/h4-5,8-9,11-13H,6-7,21H2,1-3H3. The molecule has 0 saturated heterocycles. The zero-order valence-electron chi connectivity index (χ0n) is 15.7. The van der Waals surface area contributed by atoms with Gasteiger partial charge in [0.25, 0.3) is 0 Å². The number of hydrogen-bond donors (Lipinski definition) is 1. The van der Waals surface area contributed by atoms with Crippen LogP contribution in [0.25, 0.3) is 11.4 Å². The predicted molar refractivity (Wildman–Crippen MR) is 102 cm³/mol. The molecule has 0 radical (unpaired) electrons. The number of rotatable bonds is 6. The second kappa shape index (κ2) is 7.98. The summed E-state index contributed by atoms with van der Waals surface area (Å²) in [6.07, 6.45) is 4.25. The fourth-order valence-electron chi connectivity index (χ4n) is 2.61. The highest BCUT2D eigenvalue weighted by atomic mass is 16.5. The van der Waals surface area contributed by atoms with Crippen molar-refractivity contribution < 1.29 is 4.74 Å². The molecule has 3 aromatic rings. The molecular formula is C20H22N6O. The van der Waals surface area contributed by atoms with Gasteiger partial charge in [0.05, 0.1) is 22.9 Å². The Bertz CT molecular complexity index is 969. The second-order valence-electron chi connectivity index (χ2n) is 6.56. The highest BCUT2D eigenvalue weighted by Gasteiger charge is 2.15. The van der Waals surface area contributed by atoms with Crippen LogP contribution >= 0.6 is 0 Å². The molecule has 7 heteroatoms. The van der Waals surface area contributed by atoms with Crippen LogP contribution < -0.4 is 10.5 Å². The van der Waals surface area contributed by atoms with Gasteiger partial charge in [0, 0.05) is 25.5 Å². The normalized spacial score (nSPS) is 10.8. The van der Waals surface area contributed by atoms with E-state index >= 15 is 0 Å². The van der Waals surface area contributed by atoms with Gasteiger partial charge in [-0.2, -0.15) is 10.4 Å². The molecule has 0 aliphatic heterocycles. The van der Waals surface area contributed by atoms with Crippen LogP contribution in [0.1, 0.15) is 36.6 Å². The van der Waals surface area contributed by atoms with E-state index in [9.17, 15) is 5.26 Å². The molecule has 0 spiro atoms. The van der Waals surface area contributed by atoms with E-state index in [1.807, 2.05) is 13.1 Å². The van der Waals surface area contributed by atoms with Crippen molar-refractivity contribution in [2.45, 2.75) is 26.2 Å². The summed E-state index contributed by atoms with van der Waals surface area (Å²) in [5.41, 5.74) is 8.70. The largest absolute Gasteiger partial charge is 0.438 e. The lowest BCUT2D eigenvalue weighted by molar-refractivity contribution is 0.431. The van der Waals surface area contributed by atoms with Crippen LogP contribution in [-0.4, -0.2) is 26.3 Å². The Balaban J connectivity index is 2.00. The molecule has 0 atom stereocenters. The van der Waals surface area contributed by atoms with Crippen molar-refractivity contribution >= 4 is 0 Å². The Morgan fingerprint density at radius 1 is 1.22 bits per heavy atom. The van der Waals surface area contributed by atoms with Gasteiger partial charge in [-0.1, -0.05) is 13.8 Å². The first-order valence-electron chi connectivity index (χ1n) is 8.79. The zero-order valence-corrected chi connectivity index (χ0v) is 15.7. The summed E-state index contributed by atoms with van der Waals surface area (Å²) < 4.78 is 7.78. The molecule has 2 heterocycles. The van der Waals surface area contributed by atoms with Crippen LogP contribution in [0.4, 0.5) is 0 Å². The second-order valence-corrected chi connectivity index (χ2v) is 6.56. The molecule has 1 aromatic carbocycles. The van der Waals surface area contributed by atoms with E-state index in [0.717, 1.165) is 17.7 Å². The van der Waals surface area contributed by atoms with E-state index in [-0.39, 0.29) is 5.92 Å². The van der Waals surface area contributed by atoms with E-state index in [2.05, 4.69) is 35.0 Å². The van der Waals surface area contributed by atoms with Gasteiger partial charge in [-0.15, -0.1) is 0 Å². The van der Waals surface area contributed by atoms with E-state index in [4.69, 9.17) is 10.5 Å². The summed E-state index contributed by atoms with van der Waals surface area (Å²) in [5.74, 6) is 1.92. The summed E-state index contributed by atoms with van der Waals surface area (Å²) in [5, 5.41) is 13.7. The first-order valence-corrected chi connectivity index (χ1v) is 8.79. The Labute approximate surface area is 158 Å².